The second-order valence-electron chi connectivity index (χ2n) is 4.30. The molecule has 0 aliphatic carbocycles. The molecular formula is C14H16FN3O2S. The van der Waals surface area contributed by atoms with Gasteiger partial charge in [0, 0.05) is 31.0 Å². The average molecular weight is 309 g/mol. The molecule has 2 rings (SSSR count). The summed E-state index contributed by atoms with van der Waals surface area (Å²) in [5, 5.41) is 0. The van der Waals surface area contributed by atoms with Crippen molar-refractivity contribution in [1.29, 1.82) is 0 Å². The van der Waals surface area contributed by atoms with Crippen molar-refractivity contribution >= 4 is 15.7 Å². The molecule has 0 bridgehead atoms. The molecular weight excluding hydrogens is 293 g/mol. The number of benzene rings is 1. The summed E-state index contributed by atoms with van der Waals surface area (Å²) in [6.07, 6.45) is 3.01. The summed E-state index contributed by atoms with van der Waals surface area (Å²) in [6, 6.07) is 7.10. The van der Waals surface area contributed by atoms with Gasteiger partial charge in [0.25, 0.3) is 10.0 Å². The van der Waals surface area contributed by atoms with Gasteiger partial charge in [-0.25, -0.2) is 12.8 Å². The van der Waals surface area contributed by atoms with Crippen molar-refractivity contribution in [3.63, 3.8) is 0 Å². The Morgan fingerprint density at radius 2 is 1.90 bits per heavy atom. The number of anilines is 1. The minimum Gasteiger partial charge on any atom is -0.326 e. The number of rotatable bonds is 5. The Bertz CT molecular complexity index is 720. The maximum Gasteiger partial charge on any atom is 0.264 e. The molecule has 21 heavy (non-hydrogen) atoms. The van der Waals surface area contributed by atoms with E-state index in [9.17, 15) is 12.8 Å². The molecule has 0 aliphatic heterocycles. The van der Waals surface area contributed by atoms with Crippen molar-refractivity contribution in [3.05, 3.63) is 54.1 Å². The predicted octanol–water partition coefficient (Wildman–Crippen LogP) is 1.89. The van der Waals surface area contributed by atoms with Crippen molar-refractivity contribution in [1.82, 2.24) is 4.98 Å². The van der Waals surface area contributed by atoms with Crippen LogP contribution in [0.5, 0.6) is 0 Å². The first-order valence-electron chi connectivity index (χ1n) is 6.42. The quantitative estimate of drug-likeness (QED) is 0.915. The van der Waals surface area contributed by atoms with Crippen LogP contribution in [0.15, 0.2) is 47.6 Å². The monoisotopic (exact) mass is 309 g/mol. The van der Waals surface area contributed by atoms with Crippen LogP contribution >= 0.6 is 0 Å². The number of nitrogens with two attached hydrogens (primary N) is 1. The third-order valence-corrected chi connectivity index (χ3v) is 5.07. The van der Waals surface area contributed by atoms with Gasteiger partial charge >= 0.3 is 0 Å². The molecule has 112 valence electrons. The molecule has 0 aliphatic rings. The molecule has 0 unspecified atom stereocenters. The molecule has 0 spiro atoms. The molecule has 0 saturated carbocycles. The van der Waals surface area contributed by atoms with Gasteiger partial charge in [-0.2, -0.15) is 0 Å². The maximum atomic E-state index is 13.8. The van der Waals surface area contributed by atoms with E-state index >= 15 is 0 Å². The van der Waals surface area contributed by atoms with Gasteiger partial charge in [-0.15, -0.1) is 0 Å². The van der Waals surface area contributed by atoms with Gasteiger partial charge in [0.1, 0.15) is 5.82 Å². The average Bonchev–Trinajstić information content (AvgIpc) is 2.48. The van der Waals surface area contributed by atoms with Crippen LogP contribution < -0.4 is 10.0 Å². The number of hydrogen-bond donors (Lipinski definition) is 1. The lowest BCUT2D eigenvalue weighted by atomic mass is 10.2. The zero-order chi connectivity index (χ0) is 15.5. The normalized spacial score (nSPS) is 11.4. The van der Waals surface area contributed by atoms with Crippen LogP contribution in [-0.2, 0) is 16.6 Å². The molecule has 2 N–H and O–H groups in total. The first-order chi connectivity index (χ1) is 10.0. The summed E-state index contributed by atoms with van der Waals surface area (Å²) in [5.74, 6) is -0.621. The first-order valence-corrected chi connectivity index (χ1v) is 7.86. The Kier molecular flexibility index (Phi) is 4.54. The molecule has 0 atom stereocenters. The number of sulfonamides is 1. The van der Waals surface area contributed by atoms with E-state index in [1.165, 1.54) is 34.9 Å². The number of hydrogen-bond acceptors (Lipinski definition) is 4. The Morgan fingerprint density at radius 1 is 1.24 bits per heavy atom. The van der Waals surface area contributed by atoms with Crippen LogP contribution in [0.1, 0.15) is 12.5 Å². The maximum absolute atomic E-state index is 13.8. The third kappa shape index (κ3) is 2.88. The summed E-state index contributed by atoms with van der Waals surface area (Å²) < 4.78 is 40.5. The van der Waals surface area contributed by atoms with E-state index in [1.807, 2.05) is 0 Å². The zero-order valence-corrected chi connectivity index (χ0v) is 12.3. The molecule has 0 saturated heterocycles. The summed E-state index contributed by atoms with van der Waals surface area (Å²) in [5.41, 5.74) is 5.96. The first kappa shape index (κ1) is 15.4. The zero-order valence-electron chi connectivity index (χ0n) is 11.5. The molecule has 1 aromatic carbocycles. The molecule has 0 radical (unpaired) electrons. The Morgan fingerprint density at radius 3 is 2.48 bits per heavy atom. The Balaban J connectivity index is 2.58. The van der Waals surface area contributed by atoms with E-state index in [2.05, 4.69) is 4.98 Å². The van der Waals surface area contributed by atoms with E-state index in [0.717, 1.165) is 0 Å². The van der Waals surface area contributed by atoms with Gasteiger partial charge in [0.2, 0.25) is 0 Å². The Hall–Kier alpha value is -1.99. The lowest BCUT2D eigenvalue weighted by Crippen LogP contribution is -2.32. The van der Waals surface area contributed by atoms with Gasteiger partial charge in [0.15, 0.2) is 0 Å². The number of nitrogens with zero attached hydrogens (tertiary/aromatic N) is 2. The molecule has 0 fully saturated rings. The highest BCUT2D eigenvalue weighted by Crippen LogP contribution is 2.26. The number of pyridine rings is 1. The van der Waals surface area contributed by atoms with Gasteiger partial charge < -0.3 is 5.73 Å². The van der Waals surface area contributed by atoms with E-state index in [4.69, 9.17) is 5.73 Å². The van der Waals surface area contributed by atoms with E-state index in [0.29, 0.717) is 5.69 Å². The second-order valence-corrected chi connectivity index (χ2v) is 6.13. The largest absolute Gasteiger partial charge is 0.326 e. The molecule has 7 heteroatoms. The lowest BCUT2D eigenvalue weighted by molar-refractivity contribution is 0.579. The predicted molar refractivity (Wildman–Crippen MR) is 78.7 cm³/mol. The second kappa shape index (κ2) is 6.19. The van der Waals surface area contributed by atoms with Crippen molar-refractivity contribution in [3.8, 4) is 0 Å². The van der Waals surface area contributed by atoms with E-state index in [-0.39, 0.29) is 23.5 Å². The highest BCUT2D eigenvalue weighted by molar-refractivity contribution is 7.92. The lowest BCUT2D eigenvalue weighted by Gasteiger charge is -2.24. The van der Waals surface area contributed by atoms with Crippen LogP contribution in [0.25, 0.3) is 0 Å². The van der Waals surface area contributed by atoms with Crippen LogP contribution in [0.2, 0.25) is 0 Å². The van der Waals surface area contributed by atoms with Crippen molar-refractivity contribution < 1.29 is 12.8 Å². The minimum atomic E-state index is -3.88. The van der Waals surface area contributed by atoms with Crippen LogP contribution in [0.3, 0.4) is 0 Å². The number of halogens is 1. The van der Waals surface area contributed by atoms with Crippen molar-refractivity contribution in [2.75, 3.05) is 10.8 Å². The fourth-order valence-electron chi connectivity index (χ4n) is 2.10. The topological polar surface area (TPSA) is 76.3 Å². The van der Waals surface area contributed by atoms with Crippen molar-refractivity contribution in [2.45, 2.75) is 18.4 Å². The van der Waals surface area contributed by atoms with E-state index in [1.54, 1.807) is 19.1 Å². The highest BCUT2D eigenvalue weighted by Gasteiger charge is 2.27. The van der Waals surface area contributed by atoms with Crippen molar-refractivity contribution in [2.24, 2.45) is 5.73 Å². The molecule has 5 nitrogen and oxygen atoms in total. The van der Waals surface area contributed by atoms with Gasteiger partial charge in [-0.3, -0.25) is 9.29 Å². The fraction of sp³-hybridized carbons (Fsp3) is 0.214. The van der Waals surface area contributed by atoms with E-state index < -0.39 is 15.8 Å². The van der Waals surface area contributed by atoms with Gasteiger partial charge in [-0.1, -0.05) is 6.07 Å². The minimum absolute atomic E-state index is 0.00925. The summed E-state index contributed by atoms with van der Waals surface area (Å²) in [6.45, 7) is 1.74. The molecule has 1 heterocycles. The standard InChI is InChI=1S/C14H16FN3O2S/c1-2-18(11-6-8-17-9-7-11)21(19,20)14-5-3-4-13(15)12(14)10-16/h3-9H,2,10,16H2,1H3. The van der Waals surface area contributed by atoms with Crippen LogP contribution in [0.4, 0.5) is 10.1 Å². The summed E-state index contributed by atoms with van der Waals surface area (Å²) in [4.78, 5) is 3.76. The fourth-order valence-corrected chi connectivity index (χ4v) is 3.82. The highest BCUT2D eigenvalue weighted by atomic mass is 32.2. The number of aromatic nitrogens is 1. The van der Waals surface area contributed by atoms with Gasteiger partial charge in [0.05, 0.1) is 10.6 Å². The smallest absolute Gasteiger partial charge is 0.264 e. The molecule has 2 aromatic rings. The SMILES string of the molecule is CCN(c1ccncc1)S(=O)(=O)c1cccc(F)c1CN. The summed E-state index contributed by atoms with van der Waals surface area (Å²) >= 11 is 0. The molecule has 0 amide bonds. The van der Waals surface area contributed by atoms with Gasteiger partial charge in [-0.05, 0) is 31.2 Å². The Labute approximate surface area is 123 Å². The van der Waals surface area contributed by atoms with Crippen LogP contribution in [0, 0.1) is 5.82 Å². The van der Waals surface area contributed by atoms with Crippen LogP contribution in [-0.4, -0.2) is 19.9 Å². The molecule has 1 aromatic heterocycles. The third-order valence-electron chi connectivity index (χ3n) is 3.09. The summed E-state index contributed by atoms with van der Waals surface area (Å²) in [7, 11) is -3.88.